The average molecular weight is 451 g/mol. The van der Waals surface area contributed by atoms with Crippen LogP contribution in [0.5, 0.6) is 5.75 Å². The van der Waals surface area contributed by atoms with Crippen LogP contribution in [-0.4, -0.2) is 55.5 Å². The third-order valence-electron chi connectivity index (χ3n) is 5.97. The summed E-state index contributed by atoms with van der Waals surface area (Å²) < 4.78 is 5.43. The maximum Gasteiger partial charge on any atom is 0.326 e. The van der Waals surface area contributed by atoms with Crippen LogP contribution in [0.2, 0.25) is 0 Å². The van der Waals surface area contributed by atoms with Gasteiger partial charge in [-0.05, 0) is 56.2 Å². The smallest absolute Gasteiger partial charge is 0.326 e. The van der Waals surface area contributed by atoms with E-state index in [4.69, 9.17) is 4.74 Å². The Kier molecular flexibility index (Phi) is 7.12. The number of carbonyl (C=O) groups is 3. The van der Waals surface area contributed by atoms with Crippen molar-refractivity contribution < 1.29 is 19.1 Å². The molecule has 8 heteroatoms. The van der Waals surface area contributed by atoms with Crippen LogP contribution in [0, 0.1) is 0 Å². The molecule has 2 aromatic rings. The second kappa shape index (κ2) is 10.4. The number of likely N-dealkylation sites (tertiary alicyclic amines) is 1. The minimum atomic E-state index is -0.404. The van der Waals surface area contributed by atoms with Crippen molar-refractivity contribution >= 4 is 34.9 Å². The van der Waals surface area contributed by atoms with Gasteiger partial charge in [0.1, 0.15) is 18.8 Å². The zero-order valence-electron chi connectivity index (χ0n) is 19.0. The van der Waals surface area contributed by atoms with Gasteiger partial charge in [-0.15, -0.1) is 0 Å². The van der Waals surface area contributed by atoms with Crippen LogP contribution in [0.25, 0.3) is 0 Å². The molecule has 33 heavy (non-hydrogen) atoms. The third-order valence-corrected chi connectivity index (χ3v) is 5.97. The monoisotopic (exact) mass is 450 g/mol. The number of nitrogens with one attached hydrogen (secondary N) is 1. The SMILES string of the molecule is CCOc1ccc(NC(=O)N2CC(=O)N(CC(=O)N3CCCCCC3)c3ccccc32)cc1. The van der Waals surface area contributed by atoms with Crippen LogP contribution in [0.1, 0.15) is 32.6 Å². The Morgan fingerprint density at radius 2 is 1.61 bits per heavy atom. The van der Waals surface area contributed by atoms with Gasteiger partial charge >= 0.3 is 6.03 Å². The van der Waals surface area contributed by atoms with E-state index in [1.807, 2.05) is 24.0 Å². The Morgan fingerprint density at radius 3 is 2.27 bits per heavy atom. The molecule has 2 aliphatic heterocycles. The first-order chi connectivity index (χ1) is 16.1. The Bertz CT molecular complexity index is 1000. The van der Waals surface area contributed by atoms with Gasteiger partial charge in [0, 0.05) is 18.8 Å². The first kappa shape index (κ1) is 22.6. The number of amides is 4. The fourth-order valence-corrected chi connectivity index (χ4v) is 4.26. The summed E-state index contributed by atoms with van der Waals surface area (Å²) in [6, 6.07) is 13.9. The standard InChI is InChI=1S/C25H30N4O4/c1-2-33-20-13-11-19(12-14-20)26-25(32)29-18-24(31)28(21-9-5-6-10-22(21)29)17-23(30)27-15-7-3-4-8-16-27/h5-6,9-14H,2-4,7-8,15-18H2,1H3,(H,26,32). The molecular weight excluding hydrogens is 420 g/mol. The van der Waals surface area contributed by atoms with Crippen LogP contribution in [0.3, 0.4) is 0 Å². The Balaban J connectivity index is 1.49. The van der Waals surface area contributed by atoms with Crippen molar-refractivity contribution in [1.82, 2.24) is 4.90 Å². The van der Waals surface area contributed by atoms with Crippen molar-refractivity contribution in [1.29, 1.82) is 0 Å². The van der Waals surface area contributed by atoms with Crippen molar-refractivity contribution in [3.05, 3.63) is 48.5 Å². The summed E-state index contributed by atoms with van der Waals surface area (Å²) in [4.78, 5) is 43.8. The van der Waals surface area contributed by atoms with Crippen LogP contribution in [0.4, 0.5) is 21.9 Å². The number of urea groups is 1. The summed E-state index contributed by atoms with van der Waals surface area (Å²) in [5.41, 5.74) is 1.77. The normalized spacial score (nSPS) is 16.2. The lowest BCUT2D eigenvalue weighted by Gasteiger charge is -2.36. The lowest BCUT2D eigenvalue weighted by atomic mass is 10.1. The Morgan fingerprint density at radius 1 is 0.939 bits per heavy atom. The lowest BCUT2D eigenvalue weighted by molar-refractivity contribution is -0.131. The van der Waals surface area contributed by atoms with Gasteiger partial charge in [-0.25, -0.2) is 4.79 Å². The highest BCUT2D eigenvalue weighted by atomic mass is 16.5. The van der Waals surface area contributed by atoms with Gasteiger partial charge in [0.25, 0.3) is 0 Å². The molecule has 4 amide bonds. The molecule has 0 aliphatic carbocycles. The fourth-order valence-electron chi connectivity index (χ4n) is 4.26. The maximum atomic E-state index is 13.0. The van der Waals surface area contributed by atoms with Gasteiger partial charge in [0.2, 0.25) is 11.8 Å². The average Bonchev–Trinajstić information content (AvgIpc) is 3.12. The molecule has 2 aliphatic rings. The second-order valence-corrected chi connectivity index (χ2v) is 8.24. The molecule has 4 rings (SSSR count). The van der Waals surface area contributed by atoms with E-state index in [1.165, 1.54) is 9.80 Å². The highest BCUT2D eigenvalue weighted by Crippen LogP contribution is 2.34. The van der Waals surface area contributed by atoms with Crippen LogP contribution >= 0.6 is 0 Å². The number of nitrogens with zero attached hydrogens (tertiary/aromatic N) is 3. The van der Waals surface area contributed by atoms with Gasteiger partial charge in [-0.1, -0.05) is 25.0 Å². The summed E-state index contributed by atoms with van der Waals surface area (Å²) in [7, 11) is 0. The van der Waals surface area contributed by atoms with Gasteiger partial charge in [-0.2, -0.15) is 0 Å². The van der Waals surface area contributed by atoms with Gasteiger partial charge in [0.05, 0.1) is 18.0 Å². The number of benzene rings is 2. The molecular formula is C25H30N4O4. The van der Waals surface area contributed by atoms with E-state index in [9.17, 15) is 14.4 Å². The van der Waals surface area contributed by atoms with Crippen molar-refractivity contribution in [2.75, 3.05) is 47.9 Å². The molecule has 0 atom stereocenters. The van der Waals surface area contributed by atoms with Gasteiger partial charge in [-0.3, -0.25) is 19.4 Å². The quantitative estimate of drug-likeness (QED) is 0.750. The number of hydrogen-bond donors (Lipinski definition) is 1. The van der Waals surface area contributed by atoms with Crippen LogP contribution < -0.4 is 19.9 Å². The molecule has 0 aromatic heterocycles. The van der Waals surface area contributed by atoms with Gasteiger partial charge < -0.3 is 15.0 Å². The van der Waals surface area contributed by atoms with Crippen LogP contribution in [0.15, 0.2) is 48.5 Å². The van der Waals surface area contributed by atoms with E-state index in [2.05, 4.69) is 5.32 Å². The summed E-state index contributed by atoms with van der Waals surface area (Å²) in [6.45, 7) is 3.80. The first-order valence-corrected chi connectivity index (χ1v) is 11.6. The molecule has 2 aromatic carbocycles. The molecule has 0 unspecified atom stereocenters. The number of para-hydroxylation sites is 2. The molecule has 0 radical (unpaired) electrons. The van der Waals surface area contributed by atoms with Crippen molar-refractivity contribution in [2.45, 2.75) is 32.6 Å². The Hall–Kier alpha value is -3.55. The number of ether oxygens (including phenoxy) is 1. The summed E-state index contributed by atoms with van der Waals surface area (Å²) in [5.74, 6) is 0.393. The van der Waals surface area contributed by atoms with E-state index in [1.54, 1.807) is 36.4 Å². The molecule has 1 fully saturated rings. The van der Waals surface area contributed by atoms with E-state index in [-0.39, 0.29) is 24.9 Å². The second-order valence-electron chi connectivity index (χ2n) is 8.24. The van der Waals surface area contributed by atoms with Gasteiger partial charge in [0.15, 0.2) is 0 Å². The largest absolute Gasteiger partial charge is 0.494 e. The molecule has 1 N–H and O–H groups in total. The van der Waals surface area contributed by atoms with Crippen molar-refractivity contribution in [2.24, 2.45) is 0 Å². The predicted octanol–water partition coefficient (Wildman–Crippen LogP) is 3.87. The molecule has 0 bridgehead atoms. The van der Waals surface area contributed by atoms with Crippen molar-refractivity contribution in [3.63, 3.8) is 0 Å². The molecule has 1 saturated heterocycles. The Labute approximate surface area is 194 Å². The highest BCUT2D eigenvalue weighted by Gasteiger charge is 2.34. The van der Waals surface area contributed by atoms with Crippen molar-refractivity contribution in [3.8, 4) is 5.75 Å². The summed E-state index contributed by atoms with van der Waals surface area (Å²) >= 11 is 0. The number of fused-ring (bicyclic) bond motifs is 1. The van der Waals surface area contributed by atoms with E-state index in [0.29, 0.717) is 23.7 Å². The number of rotatable bonds is 5. The third kappa shape index (κ3) is 5.27. The highest BCUT2D eigenvalue weighted by molar-refractivity contribution is 6.15. The molecule has 174 valence electrons. The molecule has 8 nitrogen and oxygen atoms in total. The van der Waals surface area contributed by atoms with E-state index < -0.39 is 6.03 Å². The maximum absolute atomic E-state index is 13.0. The number of carbonyl (C=O) groups excluding carboxylic acids is 3. The molecule has 0 spiro atoms. The molecule has 2 heterocycles. The van der Waals surface area contributed by atoms with Crippen LogP contribution in [-0.2, 0) is 9.59 Å². The fraction of sp³-hybridized carbons (Fsp3) is 0.400. The lowest BCUT2D eigenvalue weighted by Crippen LogP contribution is -2.52. The summed E-state index contributed by atoms with van der Waals surface area (Å²) in [5, 5.41) is 2.84. The van der Waals surface area contributed by atoms with E-state index >= 15 is 0 Å². The minimum absolute atomic E-state index is 0.00973. The number of anilines is 3. The van der Waals surface area contributed by atoms with E-state index in [0.717, 1.165) is 44.5 Å². The first-order valence-electron chi connectivity index (χ1n) is 11.6. The minimum Gasteiger partial charge on any atom is -0.494 e. The summed E-state index contributed by atoms with van der Waals surface area (Å²) in [6.07, 6.45) is 4.26. The zero-order chi connectivity index (χ0) is 23.2. The molecule has 0 saturated carbocycles. The number of hydrogen-bond acceptors (Lipinski definition) is 4. The predicted molar refractivity (Wildman–Crippen MR) is 128 cm³/mol. The zero-order valence-corrected chi connectivity index (χ0v) is 19.0. The topological polar surface area (TPSA) is 82.2 Å².